The molecule has 1 aliphatic rings. The maximum absolute atomic E-state index is 15.8. The van der Waals surface area contributed by atoms with Gasteiger partial charge in [0.2, 0.25) is 5.78 Å². The van der Waals surface area contributed by atoms with Crippen molar-refractivity contribution < 1.29 is 32.3 Å². The lowest BCUT2D eigenvalue weighted by atomic mass is 9.82. The van der Waals surface area contributed by atoms with Crippen molar-refractivity contribution in [3.05, 3.63) is 65.2 Å². The van der Waals surface area contributed by atoms with Gasteiger partial charge in [-0.15, -0.1) is 0 Å². The molecule has 4 rings (SSSR count). The Hall–Kier alpha value is -3.22. The number of alkyl halides is 1. The first-order chi connectivity index (χ1) is 12.9. The fourth-order valence-corrected chi connectivity index (χ4v) is 3.35. The summed E-state index contributed by atoms with van der Waals surface area (Å²) in [5.41, 5.74) is -1.91. The number of rotatable bonds is 2. The summed E-state index contributed by atoms with van der Waals surface area (Å²) >= 11 is 0. The summed E-state index contributed by atoms with van der Waals surface area (Å²) in [6.07, 6.45) is -0.144. The fourth-order valence-electron chi connectivity index (χ4n) is 3.35. The second kappa shape index (κ2) is 5.90. The van der Waals surface area contributed by atoms with Crippen LogP contribution in [0.2, 0.25) is 0 Å². The number of carbonyl (C=O) groups is 2. The van der Waals surface area contributed by atoms with Gasteiger partial charge in [-0.25, -0.2) is 13.6 Å². The van der Waals surface area contributed by atoms with E-state index in [9.17, 15) is 14.0 Å². The van der Waals surface area contributed by atoms with Crippen LogP contribution >= 0.6 is 0 Å². The molecule has 1 aromatic heterocycles. The Labute approximate surface area is 152 Å². The minimum Gasteiger partial charge on any atom is -0.480 e. The van der Waals surface area contributed by atoms with Crippen LogP contribution in [0.4, 0.5) is 8.78 Å². The van der Waals surface area contributed by atoms with Crippen LogP contribution < -0.4 is 4.74 Å². The molecule has 0 saturated carbocycles. The predicted molar refractivity (Wildman–Crippen MR) is 90.9 cm³/mol. The van der Waals surface area contributed by atoms with Gasteiger partial charge in [0.05, 0.1) is 24.3 Å². The van der Waals surface area contributed by atoms with Crippen molar-refractivity contribution >= 4 is 22.7 Å². The van der Waals surface area contributed by atoms with E-state index in [-0.39, 0.29) is 16.9 Å². The zero-order chi connectivity index (χ0) is 19.3. The van der Waals surface area contributed by atoms with Gasteiger partial charge in [0, 0.05) is 0 Å². The number of esters is 1. The van der Waals surface area contributed by atoms with Crippen LogP contribution in [0.5, 0.6) is 5.75 Å². The van der Waals surface area contributed by atoms with Crippen molar-refractivity contribution in [1.82, 2.24) is 0 Å². The number of methoxy groups -OCH3 is 1. The van der Waals surface area contributed by atoms with Crippen LogP contribution in [0.25, 0.3) is 11.0 Å². The molecule has 0 N–H and O–H groups in total. The first-order valence-electron chi connectivity index (χ1n) is 8.13. The normalized spacial score (nSPS) is 21.6. The highest BCUT2D eigenvalue weighted by atomic mass is 19.1. The van der Waals surface area contributed by atoms with E-state index >= 15 is 4.39 Å². The molecule has 2 aromatic carbocycles. The Balaban J connectivity index is 1.98. The predicted octanol–water partition coefficient (Wildman–Crippen LogP) is 4.08. The molecule has 0 amide bonds. The van der Waals surface area contributed by atoms with Crippen LogP contribution in [0.15, 0.2) is 47.1 Å². The van der Waals surface area contributed by atoms with Crippen molar-refractivity contribution in [2.45, 2.75) is 18.7 Å². The standard InChI is InChI=1S/C20H14F2O5/c1-10-9-26-14-8-7-13-16(15(10)14)27-18(11-3-5-12(21)6-4-11)20(22,17(13)23)19(24)25-2/h3-9,18H,1-2H3. The highest BCUT2D eigenvalue weighted by Gasteiger charge is 2.60. The van der Waals surface area contributed by atoms with Gasteiger partial charge in [-0.05, 0) is 42.3 Å². The molecule has 0 fully saturated rings. The molecule has 2 heterocycles. The van der Waals surface area contributed by atoms with Crippen LogP contribution in [0.3, 0.4) is 0 Å². The molecule has 0 spiro atoms. The summed E-state index contributed by atoms with van der Waals surface area (Å²) in [6, 6.07) is 7.58. The average Bonchev–Trinajstić information content (AvgIpc) is 3.06. The molecule has 2 atom stereocenters. The van der Waals surface area contributed by atoms with Gasteiger partial charge in [0.1, 0.15) is 17.1 Å². The minimum atomic E-state index is -3.11. The molecule has 138 valence electrons. The maximum atomic E-state index is 15.8. The van der Waals surface area contributed by atoms with Crippen LogP contribution in [-0.4, -0.2) is 24.5 Å². The molecule has 0 aliphatic carbocycles. The summed E-state index contributed by atoms with van der Waals surface area (Å²) in [5, 5.41) is 0.514. The summed E-state index contributed by atoms with van der Waals surface area (Å²) < 4.78 is 44.9. The Morgan fingerprint density at radius 1 is 1.19 bits per heavy atom. The lowest BCUT2D eigenvalue weighted by Gasteiger charge is -2.35. The van der Waals surface area contributed by atoms with E-state index in [0.717, 1.165) is 19.2 Å². The molecule has 0 saturated heterocycles. The van der Waals surface area contributed by atoms with Gasteiger partial charge in [0.15, 0.2) is 6.10 Å². The number of ether oxygens (including phenoxy) is 2. The van der Waals surface area contributed by atoms with Gasteiger partial charge in [-0.1, -0.05) is 12.1 Å². The highest BCUT2D eigenvalue weighted by molar-refractivity contribution is 6.20. The van der Waals surface area contributed by atoms with E-state index in [1.807, 2.05) is 0 Å². The SMILES string of the molecule is COC(=O)C1(F)C(=O)c2ccc3occ(C)c3c2OC1c1ccc(F)cc1. The first kappa shape index (κ1) is 17.2. The molecule has 2 unspecified atom stereocenters. The molecule has 5 nitrogen and oxygen atoms in total. The minimum absolute atomic E-state index is 0.0849. The zero-order valence-corrected chi connectivity index (χ0v) is 14.4. The van der Waals surface area contributed by atoms with E-state index in [4.69, 9.17) is 9.15 Å². The highest BCUT2D eigenvalue weighted by Crippen LogP contribution is 2.47. The van der Waals surface area contributed by atoms with E-state index in [0.29, 0.717) is 16.5 Å². The molecule has 3 aromatic rings. The number of fused-ring (bicyclic) bond motifs is 3. The molecule has 0 bridgehead atoms. The van der Waals surface area contributed by atoms with Crippen molar-refractivity contribution in [3.8, 4) is 5.75 Å². The average molecular weight is 372 g/mol. The number of aryl methyl sites for hydroxylation is 1. The third kappa shape index (κ3) is 2.34. The van der Waals surface area contributed by atoms with E-state index in [2.05, 4.69) is 4.74 Å². The Morgan fingerprint density at radius 3 is 2.56 bits per heavy atom. The maximum Gasteiger partial charge on any atom is 0.356 e. The monoisotopic (exact) mass is 372 g/mol. The van der Waals surface area contributed by atoms with Crippen LogP contribution in [0.1, 0.15) is 27.6 Å². The number of carbonyl (C=O) groups excluding carboxylic acids is 2. The smallest absolute Gasteiger partial charge is 0.356 e. The molecule has 1 aliphatic heterocycles. The third-order valence-electron chi connectivity index (χ3n) is 4.70. The summed E-state index contributed by atoms with van der Waals surface area (Å²) in [7, 11) is 0.984. The number of ketones is 1. The Morgan fingerprint density at radius 2 is 1.89 bits per heavy atom. The van der Waals surface area contributed by atoms with E-state index in [1.54, 1.807) is 6.92 Å². The van der Waals surface area contributed by atoms with Crippen molar-refractivity contribution in [3.63, 3.8) is 0 Å². The largest absolute Gasteiger partial charge is 0.480 e. The number of furan rings is 1. The van der Waals surface area contributed by atoms with Crippen molar-refractivity contribution in [1.29, 1.82) is 0 Å². The zero-order valence-electron chi connectivity index (χ0n) is 14.4. The summed E-state index contributed by atoms with van der Waals surface area (Å²) in [6.45, 7) is 1.75. The van der Waals surface area contributed by atoms with Gasteiger partial charge in [-0.3, -0.25) is 4.79 Å². The second-order valence-corrected chi connectivity index (χ2v) is 6.32. The van der Waals surface area contributed by atoms with Gasteiger partial charge in [0.25, 0.3) is 0 Å². The number of hydrogen-bond donors (Lipinski definition) is 0. The summed E-state index contributed by atoms with van der Waals surface area (Å²) in [5.74, 6) is -2.88. The molecule has 7 heteroatoms. The Kier molecular flexibility index (Phi) is 3.76. The van der Waals surface area contributed by atoms with Crippen molar-refractivity contribution in [2.24, 2.45) is 0 Å². The number of halogens is 2. The number of hydrogen-bond acceptors (Lipinski definition) is 5. The quantitative estimate of drug-likeness (QED) is 0.501. The molecule has 0 radical (unpaired) electrons. The van der Waals surface area contributed by atoms with Gasteiger partial charge in [-0.2, -0.15) is 0 Å². The molecular weight excluding hydrogens is 358 g/mol. The van der Waals surface area contributed by atoms with Gasteiger partial charge < -0.3 is 13.9 Å². The Bertz CT molecular complexity index is 1070. The topological polar surface area (TPSA) is 65.7 Å². The third-order valence-corrected chi connectivity index (χ3v) is 4.70. The summed E-state index contributed by atoms with van der Waals surface area (Å²) in [4.78, 5) is 25.3. The van der Waals surface area contributed by atoms with E-state index in [1.165, 1.54) is 30.5 Å². The van der Waals surface area contributed by atoms with Gasteiger partial charge >= 0.3 is 11.6 Å². The second-order valence-electron chi connectivity index (χ2n) is 6.32. The first-order valence-corrected chi connectivity index (χ1v) is 8.13. The molecule has 27 heavy (non-hydrogen) atoms. The van der Waals surface area contributed by atoms with Crippen molar-refractivity contribution in [2.75, 3.05) is 7.11 Å². The number of benzene rings is 2. The lowest BCUT2D eigenvalue weighted by molar-refractivity contribution is -0.157. The molecular formula is C20H14F2O5. The fraction of sp³-hybridized carbons (Fsp3) is 0.200. The van der Waals surface area contributed by atoms with Crippen LogP contribution in [0, 0.1) is 12.7 Å². The lowest BCUT2D eigenvalue weighted by Crippen LogP contribution is -2.52. The van der Waals surface area contributed by atoms with Crippen LogP contribution in [-0.2, 0) is 9.53 Å². The number of Topliss-reactive ketones (excluding diaryl/α,β-unsaturated/α-hetero) is 1. The van der Waals surface area contributed by atoms with E-state index < -0.39 is 29.3 Å².